The molecule has 0 bridgehead atoms. The van der Waals surface area contributed by atoms with Gasteiger partial charge in [0.05, 0.1) is 28.1 Å². The van der Waals surface area contributed by atoms with Crippen LogP contribution in [0.3, 0.4) is 0 Å². The van der Waals surface area contributed by atoms with Crippen LogP contribution in [-0.2, 0) is 0 Å². The Balaban J connectivity index is 1.78. The number of hydrogen-bond donors (Lipinski definition) is 4. The van der Waals surface area contributed by atoms with E-state index >= 15 is 0 Å². The molecule has 8 nitrogen and oxygen atoms in total. The highest BCUT2D eigenvalue weighted by Crippen LogP contribution is 2.35. The van der Waals surface area contributed by atoms with Crippen molar-refractivity contribution in [3.05, 3.63) is 35.9 Å². The fourth-order valence-corrected chi connectivity index (χ4v) is 3.57. The van der Waals surface area contributed by atoms with Gasteiger partial charge in [0.1, 0.15) is 16.8 Å². The van der Waals surface area contributed by atoms with E-state index in [1.807, 2.05) is 19.1 Å². The van der Waals surface area contributed by atoms with Crippen molar-refractivity contribution >= 4 is 55.3 Å². The van der Waals surface area contributed by atoms with E-state index in [1.165, 1.54) is 23.5 Å². The summed E-state index contributed by atoms with van der Waals surface area (Å²) in [6.07, 6.45) is 0. The number of carbonyl (C=O) groups is 1. The maximum absolute atomic E-state index is 11.3. The Morgan fingerprint density at radius 2 is 2.15 bits per heavy atom. The lowest BCUT2D eigenvalue weighted by Gasteiger charge is -2.11. The van der Waals surface area contributed by atoms with Gasteiger partial charge in [0, 0.05) is 0 Å². The molecule has 2 heterocycles. The van der Waals surface area contributed by atoms with Crippen molar-refractivity contribution in [3.8, 4) is 5.75 Å². The first kappa shape index (κ1) is 16.2. The average molecular weight is 369 g/mol. The molecule has 132 valence electrons. The summed E-state index contributed by atoms with van der Waals surface area (Å²) in [4.78, 5) is 23.1. The van der Waals surface area contributed by atoms with Crippen molar-refractivity contribution < 1.29 is 14.6 Å². The molecule has 2 aromatic heterocycles. The van der Waals surface area contributed by atoms with Crippen molar-refractivity contribution in [3.63, 3.8) is 0 Å². The number of hydrogen-bond acceptors (Lipinski definition) is 7. The number of aromatic carboxylic acids is 1. The standard InChI is InChI=1S/C17H15N5O3S/c1-2-25-11-5-3-8(15(23)24)7-10(11)20-17-22-14-12(26-17)6-4-9-13(14)21-16(18)19-9/h3-7H,2H2,1H3,(H,20,22)(H,23,24)(H3,18,19,21). The molecule has 0 aliphatic rings. The number of rotatable bonds is 5. The van der Waals surface area contributed by atoms with Gasteiger partial charge in [-0.1, -0.05) is 11.3 Å². The molecule has 0 saturated carbocycles. The lowest BCUT2D eigenvalue weighted by Crippen LogP contribution is -2.02. The molecule has 4 aromatic rings. The minimum absolute atomic E-state index is 0.166. The number of aromatic nitrogens is 3. The Kier molecular flexibility index (Phi) is 3.85. The highest BCUT2D eigenvalue weighted by molar-refractivity contribution is 7.22. The van der Waals surface area contributed by atoms with Gasteiger partial charge in [0.15, 0.2) is 11.1 Å². The number of ether oxygens (including phenoxy) is 1. The van der Waals surface area contributed by atoms with Crippen molar-refractivity contribution in [2.75, 3.05) is 17.7 Å². The van der Waals surface area contributed by atoms with Gasteiger partial charge < -0.3 is 25.9 Å². The largest absolute Gasteiger partial charge is 0.492 e. The van der Waals surface area contributed by atoms with Gasteiger partial charge in [0.25, 0.3) is 0 Å². The number of carboxylic acid groups (broad SMARTS) is 1. The third-order valence-electron chi connectivity index (χ3n) is 3.80. The van der Waals surface area contributed by atoms with Crippen LogP contribution in [0, 0.1) is 0 Å². The maximum atomic E-state index is 11.3. The Bertz CT molecular complexity index is 1130. The molecule has 5 N–H and O–H groups in total. The molecule has 0 aliphatic heterocycles. The summed E-state index contributed by atoms with van der Waals surface area (Å²) in [5, 5.41) is 13.0. The Hall–Kier alpha value is -3.33. The van der Waals surface area contributed by atoms with Crippen LogP contribution < -0.4 is 15.8 Å². The van der Waals surface area contributed by atoms with Crippen LogP contribution in [0.2, 0.25) is 0 Å². The number of benzene rings is 2. The minimum Gasteiger partial charge on any atom is -0.492 e. The number of anilines is 3. The van der Waals surface area contributed by atoms with E-state index < -0.39 is 5.97 Å². The second kappa shape index (κ2) is 6.19. The van der Waals surface area contributed by atoms with Gasteiger partial charge in [-0.3, -0.25) is 0 Å². The van der Waals surface area contributed by atoms with Crippen LogP contribution in [0.4, 0.5) is 16.8 Å². The second-order valence-corrected chi connectivity index (χ2v) is 6.55. The van der Waals surface area contributed by atoms with Crippen LogP contribution in [0.1, 0.15) is 17.3 Å². The Morgan fingerprint density at radius 3 is 2.92 bits per heavy atom. The molecular weight excluding hydrogens is 354 g/mol. The number of nitrogen functional groups attached to an aromatic ring is 1. The quantitative estimate of drug-likeness (QED) is 0.423. The molecule has 26 heavy (non-hydrogen) atoms. The number of aromatic amines is 1. The van der Waals surface area contributed by atoms with E-state index in [0.29, 0.717) is 34.6 Å². The monoisotopic (exact) mass is 369 g/mol. The van der Waals surface area contributed by atoms with Crippen molar-refractivity contribution in [2.45, 2.75) is 6.92 Å². The molecule has 0 atom stereocenters. The lowest BCUT2D eigenvalue weighted by molar-refractivity contribution is 0.0697. The zero-order valence-corrected chi connectivity index (χ0v) is 14.6. The number of nitrogens with two attached hydrogens (primary N) is 1. The average Bonchev–Trinajstić information content (AvgIpc) is 3.18. The zero-order chi connectivity index (χ0) is 18.3. The van der Waals surface area contributed by atoms with Crippen LogP contribution in [-0.4, -0.2) is 32.6 Å². The predicted octanol–water partition coefficient (Wildman–Crippen LogP) is 3.60. The van der Waals surface area contributed by atoms with Crippen molar-refractivity contribution in [1.82, 2.24) is 15.0 Å². The van der Waals surface area contributed by atoms with Gasteiger partial charge in [0.2, 0.25) is 0 Å². The summed E-state index contributed by atoms with van der Waals surface area (Å²) < 4.78 is 6.52. The number of thiazole rings is 1. The fraction of sp³-hybridized carbons (Fsp3) is 0.118. The van der Waals surface area contributed by atoms with Crippen LogP contribution in [0.25, 0.3) is 21.3 Å². The first-order chi connectivity index (χ1) is 12.5. The van der Waals surface area contributed by atoms with Crippen LogP contribution in [0.15, 0.2) is 30.3 Å². The lowest BCUT2D eigenvalue weighted by atomic mass is 10.2. The smallest absolute Gasteiger partial charge is 0.335 e. The van der Waals surface area contributed by atoms with Gasteiger partial charge in [-0.2, -0.15) is 0 Å². The molecule has 0 unspecified atom stereocenters. The number of H-pyrrole nitrogens is 1. The topological polar surface area (TPSA) is 126 Å². The summed E-state index contributed by atoms with van der Waals surface area (Å²) in [6, 6.07) is 8.51. The predicted molar refractivity (Wildman–Crippen MR) is 102 cm³/mol. The zero-order valence-electron chi connectivity index (χ0n) is 13.7. The van der Waals surface area contributed by atoms with E-state index in [4.69, 9.17) is 10.5 Å². The first-order valence-corrected chi connectivity index (χ1v) is 8.68. The highest BCUT2D eigenvalue weighted by atomic mass is 32.1. The molecule has 0 saturated heterocycles. The summed E-state index contributed by atoms with van der Waals surface area (Å²) >= 11 is 1.44. The van der Waals surface area contributed by atoms with Crippen molar-refractivity contribution in [2.24, 2.45) is 0 Å². The molecular formula is C17H15N5O3S. The molecule has 0 fully saturated rings. The summed E-state index contributed by atoms with van der Waals surface area (Å²) in [6.45, 7) is 2.33. The van der Waals surface area contributed by atoms with Gasteiger partial charge in [-0.15, -0.1) is 0 Å². The molecule has 4 rings (SSSR count). The third kappa shape index (κ3) is 2.78. The second-order valence-electron chi connectivity index (χ2n) is 5.52. The Labute approximate surface area is 151 Å². The molecule has 2 aromatic carbocycles. The van der Waals surface area contributed by atoms with Crippen LogP contribution in [0.5, 0.6) is 5.75 Å². The minimum atomic E-state index is -1.01. The molecule has 0 aliphatic carbocycles. The SMILES string of the molecule is CCOc1ccc(C(=O)O)cc1Nc1nc2c(ccc3[nH]c(N)nc32)s1. The third-order valence-corrected chi connectivity index (χ3v) is 4.73. The number of carboxylic acids is 1. The van der Waals surface area contributed by atoms with E-state index in [0.717, 1.165) is 15.7 Å². The summed E-state index contributed by atoms with van der Waals surface area (Å²) in [5.74, 6) is -0.108. The maximum Gasteiger partial charge on any atom is 0.335 e. The summed E-state index contributed by atoms with van der Waals surface area (Å²) in [5.41, 5.74) is 8.69. The highest BCUT2D eigenvalue weighted by Gasteiger charge is 2.14. The van der Waals surface area contributed by atoms with Gasteiger partial charge in [-0.25, -0.2) is 14.8 Å². The number of fused-ring (bicyclic) bond motifs is 3. The number of nitrogens with zero attached hydrogens (tertiary/aromatic N) is 2. The number of imidazole rings is 1. The summed E-state index contributed by atoms with van der Waals surface area (Å²) in [7, 11) is 0. The molecule has 0 amide bonds. The fourth-order valence-electron chi connectivity index (χ4n) is 2.69. The van der Waals surface area contributed by atoms with E-state index in [1.54, 1.807) is 6.07 Å². The van der Waals surface area contributed by atoms with Crippen molar-refractivity contribution in [1.29, 1.82) is 0 Å². The van der Waals surface area contributed by atoms with E-state index in [2.05, 4.69) is 20.3 Å². The van der Waals surface area contributed by atoms with Crippen LogP contribution >= 0.6 is 11.3 Å². The number of nitrogens with one attached hydrogen (secondary N) is 2. The normalized spacial score (nSPS) is 11.1. The Morgan fingerprint density at radius 1 is 1.31 bits per heavy atom. The molecule has 0 spiro atoms. The molecule has 0 radical (unpaired) electrons. The van der Waals surface area contributed by atoms with E-state index in [-0.39, 0.29) is 5.56 Å². The first-order valence-electron chi connectivity index (χ1n) is 7.87. The van der Waals surface area contributed by atoms with E-state index in [9.17, 15) is 9.90 Å². The van der Waals surface area contributed by atoms with Gasteiger partial charge in [-0.05, 0) is 37.3 Å². The molecule has 9 heteroatoms. The van der Waals surface area contributed by atoms with Gasteiger partial charge >= 0.3 is 5.97 Å².